The average molecular weight is 275 g/mol. The molecule has 6 heteroatoms. The molecule has 0 saturated carbocycles. The van der Waals surface area contributed by atoms with Crippen molar-refractivity contribution in [2.45, 2.75) is 33.4 Å². The Bertz CT molecular complexity index is 598. The molecular weight excluding hydrogens is 254 g/mol. The van der Waals surface area contributed by atoms with Crippen LogP contribution in [0.5, 0.6) is 0 Å². The van der Waals surface area contributed by atoms with Crippen molar-refractivity contribution in [2.75, 3.05) is 7.05 Å². The Morgan fingerprint density at radius 1 is 1.45 bits per heavy atom. The Kier molecular flexibility index (Phi) is 4.22. The van der Waals surface area contributed by atoms with Gasteiger partial charge in [0.15, 0.2) is 0 Å². The Labute approximate surface area is 119 Å². The zero-order valence-electron chi connectivity index (χ0n) is 12.5. The highest BCUT2D eigenvalue weighted by atomic mass is 16.2. The minimum Gasteiger partial charge on any atom is -0.336 e. The zero-order valence-corrected chi connectivity index (χ0v) is 12.5. The van der Waals surface area contributed by atoms with Crippen LogP contribution in [0.4, 0.5) is 0 Å². The molecule has 2 aromatic rings. The zero-order chi connectivity index (χ0) is 14.7. The van der Waals surface area contributed by atoms with Gasteiger partial charge in [0.1, 0.15) is 5.69 Å². The van der Waals surface area contributed by atoms with Gasteiger partial charge in [-0.2, -0.15) is 10.2 Å². The third-order valence-corrected chi connectivity index (χ3v) is 3.24. The van der Waals surface area contributed by atoms with E-state index in [1.54, 1.807) is 33.6 Å². The summed E-state index contributed by atoms with van der Waals surface area (Å²) >= 11 is 0. The molecule has 0 saturated heterocycles. The number of hydrogen-bond acceptors (Lipinski definition) is 3. The lowest BCUT2D eigenvalue weighted by atomic mass is 10.2. The summed E-state index contributed by atoms with van der Waals surface area (Å²) in [5, 5.41) is 8.49. The molecule has 0 unspecified atom stereocenters. The fourth-order valence-corrected chi connectivity index (χ4v) is 2.23. The van der Waals surface area contributed by atoms with Crippen LogP contribution in [0.15, 0.2) is 18.5 Å². The van der Waals surface area contributed by atoms with E-state index in [0.717, 1.165) is 24.2 Å². The van der Waals surface area contributed by atoms with Gasteiger partial charge in [0, 0.05) is 45.1 Å². The first-order valence-electron chi connectivity index (χ1n) is 6.79. The molecule has 0 aromatic carbocycles. The topological polar surface area (TPSA) is 56.0 Å². The normalized spacial score (nSPS) is 10.8. The fraction of sp³-hybridized carbons (Fsp3) is 0.500. The summed E-state index contributed by atoms with van der Waals surface area (Å²) in [6.45, 7) is 5.33. The first-order chi connectivity index (χ1) is 9.52. The van der Waals surface area contributed by atoms with Crippen LogP contribution in [0.25, 0.3) is 0 Å². The summed E-state index contributed by atoms with van der Waals surface area (Å²) < 4.78 is 3.53. The molecule has 20 heavy (non-hydrogen) atoms. The molecule has 0 aliphatic carbocycles. The number of amides is 1. The number of carbonyl (C=O) groups is 1. The van der Waals surface area contributed by atoms with Gasteiger partial charge in [-0.1, -0.05) is 6.92 Å². The van der Waals surface area contributed by atoms with E-state index in [1.807, 2.05) is 20.2 Å². The largest absolute Gasteiger partial charge is 0.336 e. The standard InChI is InChI=1S/C14H21N5O/c1-5-8-19-13(6-7-15-19)14(20)17(3)9-12-10-18(4)16-11(12)2/h6-7,10H,5,8-9H2,1-4H3. The van der Waals surface area contributed by atoms with Gasteiger partial charge in [-0.25, -0.2) is 0 Å². The van der Waals surface area contributed by atoms with Crippen molar-refractivity contribution in [1.82, 2.24) is 24.5 Å². The second-order valence-corrected chi connectivity index (χ2v) is 5.01. The highest BCUT2D eigenvalue weighted by molar-refractivity contribution is 5.92. The van der Waals surface area contributed by atoms with Crippen molar-refractivity contribution < 1.29 is 4.79 Å². The molecule has 0 radical (unpaired) electrons. The van der Waals surface area contributed by atoms with E-state index in [1.165, 1.54) is 0 Å². The summed E-state index contributed by atoms with van der Waals surface area (Å²) in [6.07, 6.45) is 4.57. The Morgan fingerprint density at radius 2 is 2.20 bits per heavy atom. The van der Waals surface area contributed by atoms with Gasteiger partial charge >= 0.3 is 0 Å². The predicted octanol–water partition coefficient (Wildman–Crippen LogP) is 1.61. The second-order valence-electron chi connectivity index (χ2n) is 5.01. The van der Waals surface area contributed by atoms with E-state index >= 15 is 0 Å². The third-order valence-electron chi connectivity index (χ3n) is 3.24. The number of rotatable bonds is 5. The number of carbonyl (C=O) groups excluding carboxylic acids is 1. The van der Waals surface area contributed by atoms with Crippen LogP contribution >= 0.6 is 0 Å². The average Bonchev–Trinajstić information content (AvgIpc) is 2.96. The minimum atomic E-state index is -0.0146. The van der Waals surface area contributed by atoms with Gasteiger partial charge in [0.05, 0.1) is 5.69 Å². The van der Waals surface area contributed by atoms with E-state index in [-0.39, 0.29) is 5.91 Å². The molecular formula is C14H21N5O. The molecule has 0 bridgehead atoms. The minimum absolute atomic E-state index is 0.0146. The maximum atomic E-state index is 12.5. The number of aromatic nitrogens is 4. The van der Waals surface area contributed by atoms with Gasteiger partial charge in [-0.15, -0.1) is 0 Å². The van der Waals surface area contributed by atoms with Gasteiger partial charge in [-0.3, -0.25) is 14.2 Å². The van der Waals surface area contributed by atoms with E-state index < -0.39 is 0 Å². The van der Waals surface area contributed by atoms with E-state index in [9.17, 15) is 4.79 Å². The molecule has 2 rings (SSSR count). The summed E-state index contributed by atoms with van der Waals surface area (Å²) in [5.74, 6) is -0.0146. The van der Waals surface area contributed by atoms with Crippen LogP contribution in [-0.4, -0.2) is 37.4 Å². The van der Waals surface area contributed by atoms with Gasteiger partial charge in [-0.05, 0) is 19.4 Å². The lowest BCUT2D eigenvalue weighted by Crippen LogP contribution is -2.28. The van der Waals surface area contributed by atoms with Crippen molar-refractivity contribution >= 4 is 5.91 Å². The lowest BCUT2D eigenvalue weighted by Gasteiger charge is -2.17. The van der Waals surface area contributed by atoms with E-state index in [4.69, 9.17) is 0 Å². The lowest BCUT2D eigenvalue weighted by molar-refractivity contribution is 0.0772. The molecule has 0 spiro atoms. The van der Waals surface area contributed by atoms with Crippen molar-refractivity contribution in [3.63, 3.8) is 0 Å². The van der Waals surface area contributed by atoms with Crippen LogP contribution in [0.2, 0.25) is 0 Å². The first-order valence-corrected chi connectivity index (χ1v) is 6.79. The smallest absolute Gasteiger partial charge is 0.272 e. The van der Waals surface area contributed by atoms with Crippen LogP contribution in [0.1, 0.15) is 35.1 Å². The molecule has 108 valence electrons. The molecule has 2 aromatic heterocycles. The van der Waals surface area contributed by atoms with Crippen molar-refractivity contribution in [3.05, 3.63) is 35.4 Å². The summed E-state index contributed by atoms with van der Waals surface area (Å²) in [5.41, 5.74) is 2.65. The van der Waals surface area contributed by atoms with Gasteiger partial charge < -0.3 is 4.90 Å². The van der Waals surface area contributed by atoms with Crippen LogP contribution in [0, 0.1) is 6.92 Å². The van der Waals surface area contributed by atoms with Gasteiger partial charge in [0.25, 0.3) is 5.91 Å². The molecule has 0 aliphatic rings. The Morgan fingerprint density at radius 3 is 2.80 bits per heavy atom. The molecule has 6 nitrogen and oxygen atoms in total. The highest BCUT2D eigenvalue weighted by Gasteiger charge is 2.17. The van der Waals surface area contributed by atoms with Crippen molar-refractivity contribution in [1.29, 1.82) is 0 Å². The molecule has 0 atom stereocenters. The molecule has 2 heterocycles. The van der Waals surface area contributed by atoms with Crippen molar-refractivity contribution in [3.8, 4) is 0 Å². The fourth-order valence-electron chi connectivity index (χ4n) is 2.23. The molecule has 0 N–H and O–H groups in total. The van der Waals surface area contributed by atoms with Crippen molar-refractivity contribution in [2.24, 2.45) is 7.05 Å². The predicted molar refractivity (Wildman–Crippen MR) is 76.3 cm³/mol. The first kappa shape index (κ1) is 14.3. The molecule has 0 fully saturated rings. The monoisotopic (exact) mass is 275 g/mol. The van der Waals surface area contributed by atoms with E-state index in [2.05, 4.69) is 17.1 Å². The number of nitrogens with zero attached hydrogens (tertiary/aromatic N) is 5. The van der Waals surface area contributed by atoms with Crippen LogP contribution < -0.4 is 0 Å². The maximum Gasteiger partial charge on any atom is 0.272 e. The number of aryl methyl sites for hydroxylation is 3. The highest BCUT2D eigenvalue weighted by Crippen LogP contribution is 2.11. The Balaban J connectivity index is 2.12. The quantitative estimate of drug-likeness (QED) is 0.833. The molecule has 0 aliphatic heterocycles. The van der Waals surface area contributed by atoms with E-state index in [0.29, 0.717) is 12.2 Å². The summed E-state index contributed by atoms with van der Waals surface area (Å²) in [7, 11) is 3.69. The third kappa shape index (κ3) is 2.89. The van der Waals surface area contributed by atoms with Crippen LogP contribution in [-0.2, 0) is 20.1 Å². The summed E-state index contributed by atoms with van der Waals surface area (Å²) in [6, 6.07) is 1.77. The summed E-state index contributed by atoms with van der Waals surface area (Å²) in [4.78, 5) is 14.2. The van der Waals surface area contributed by atoms with Gasteiger partial charge in [0.2, 0.25) is 0 Å². The molecule has 1 amide bonds. The number of hydrogen-bond donors (Lipinski definition) is 0. The SMILES string of the molecule is CCCn1nccc1C(=O)N(C)Cc1cn(C)nc1C. The second kappa shape index (κ2) is 5.90. The maximum absolute atomic E-state index is 12.5. The van der Waals surface area contributed by atoms with Crippen LogP contribution in [0.3, 0.4) is 0 Å². The Hall–Kier alpha value is -2.11.